The molecule has 0 spiro atoms. The van der Waals surface area contributed by atoms with E-state index in [1.54, 1.807) is 0 Å². The minimum absolute atomic E-state index is 0.148. The van der Waals surface area contributed by atoms with Crippen LogP contribution < -0.4 is 4.90 Å². The number of hydrogen-bond acceptors (Lipinski definition) is 2. The van der Waals surface area contributed by atoms with E-state index in [1.807, 2.05) is 29.2 Å². The van der Waals surface area contributed by atoms with Crippen molar-refractivity contribution in [1.82, 2.24) is 4.90 Å². The van der Waals surface area contributed by atoms with E-state index < -0.39 is 0 Å². The smallest absolute Gasteiger partial charge is 0.254 e. The Morgan fingerprint density at radius 1 is 1.04 bits per heavy atom. The van der Waals surface area contributed by atoms with Crippen molar-refractivity contribution in [3.05, 3.63) is 29.8 Å². The number of hydrogen-bond donors (Lipinski definition) is 0. The lowest BCUT2D eigenvalue weighted by Crippen LogP contribution is -2.46. The van der Waals surface area contributed by atoms with Gasteiger partial charge in [-0.3, -0.25) is 9.59 Å². The van der Waals surface area contributed by atoms with Crippen molar-refractivity contribution in [2.75, 3.05) is 18.0 Å². The Labute approximate surface area is 137 Å². The molecule has 1 aromatic carbocycles. The molecule has 2 saturated heterocycles. The monoisotopic (exact) mass is 312 g/mol. The van der Waals surface area contributed by atoms with E-state index in [-0.39, 0.29) is 11.8 Å². The van der Waals surface area contributed by atoms with Gasteiger partial charge in [0.25, 0.3) is 5.91 Å². The summed E-state index contributed by atoms with van der Waals surface area (Å²) in [4.78, 5) is 28.9. The predicted octanol–water partition coefficient (Wildman–Crippen LogP) is 3.22. The highest BCUT2D eigenvalue weighted by atomic mass is 16.2. The number of anilines is 1. The van der Waals surface area contributed by atoms with E-state index in [1.165, 1.54) is 19.3 Å². The van der Waals surface area contributed by atoms with Crippen LogP contribution >= 0.6 is 0 Å². The van der Waals surface area contributed by atoms with Crippen LogP contribution in [0.25, 0.3) is 0 Å². The summed E-state index contributed by atoms with van der Waals surface area (Å²) >= 11 is 0. The van der Waals surface area contributed by atoms with Crippen LogP contribution in [0.1, 0.15) is 55.3 Å². The van der Waals surface area contributed by atoms with Gasteiger partial charge in [0.05, 0.1) is 0 Å². The number of rotatable bonds is 2. The normalized spacial score (nSPS) is 27.4. The third-order valence-corrected chi connectivity index (χ3v) is 5.73. The minimum Gasteiger partial charge on any atom is -0.335 e. The van der Waals surface area contributed by atoms with Crippen LogP contribution in [0.5, 0.6) is 0 Å². The first-order valence-corrected chi connectivity index (χ1v) is 8.95. The molecule has 3 aliphatic rings. The number of nitrogens with zero attached hydrogens (tertiary/aromatic N) is 2. The maximum atomic E-state index is 13.0. The summed E-state index contributed by atoms with van der Waals surface area (Å²) in [5, 5.41) is 0. The summed E-state index contributed by atoms with van der Waals surface area (Å²) in [6, 6.07) is 8.08. The van der Waals surface area contributed by atoms with E-state index in [9.17, 15) is 9.59 Å². The molecule has 2 atom stereocenters. The van der Waals surface area contributed by atoms with Crippen molar-refractivity contribution in [2.24, 2.45) is 5.92 Å². The van der Waals surface area contributed by atoms with Gasteiger partial charge in [-0.05, 0) is 56.2 Å². The van der Waals surface area contributed by atoms with Crippen LogP contribution in [-0.2, 0) is 4.79 Å². The molecule has 2 aliphatic heterocycles. The summed E-state index contributed by atoms with van der Waals surface area (Å²) in [5.41, 5.74) is 1.60. The van der Waals surface area contributed by atoms with Gasteiger partial charge in [0.1, 0.15) is 0 Å². The molecule has 23 heavy (non-hydrogen) atoms. The molecule has 3 fully saturated rings. The number of carbonyl (C=O) groups excluding carboxylic acids is 2. The summed E-state index contributed by atoms with van der Waals surface area (Å²) in [7, 11) is 0. The van der Waals surface area contributed by atoms with Crippen LogP contribution in [-0.4, -0.2) is 35.8 Å². The van der Waals surface area contributed by atoms with Gasteiger partial charge in [-0.25, -0.2) is 0 Å². The first-order valence-electron chi connectivity index (χ1n) is 8.95. The van der Waals surface area contributed by atoms with E-state index >= 15 is 0 Å². The van der Waals surface area contributed by atoms with Crippen LogP contribution in [0.4, 0.5) is 5.69 Å². The number of benzene rings is 1. The third kappa shape index (κ3) is 2.64. The first-order chi connectivity index (χ1) is 11.2. The maximum Gasteiger partial charge on any atom is 0.254 e. The molecular formula is C19H24N2O2. The molecule has 2 heterocycles. The summed E-state index contributed by atoms with van der Waals surface area (Å²) in [5.74, 6) is 1.02. The zero-order valence-corrected chi connectivity index (χ0v) is 13.5. The Kier molecular flexibility index (Phi) is 3.83. The standard InChI is InChI=1S/C19H24N2O2/c22-18-10-4-11-20(18)16-8-1-6-15(13-16)19(23)21-12-3-7-14-5-2-9-17(14)21/h1,6,8,13-14,17H,2-5,7,9-12H2/t14-,17-/m0/s1. The molecule has 1 saturated carbocycles. The van der Waals surface area contributed by atoms with E-state index in [2.05, 4.69) is 4.90 Å². The molecule has 4 nitrogen and oxygen atoms in total. The van der Waals surface area contributed by atoms with Crippen molar-refractivity contribution in [1.29, 1.82) is 0 Å². The second-order valence-electron chi connectivity index (χ2n) is 7.10. The van der Waals surface area contributed by atoms with Gasteiger partial charge >= 0.3 is 0 Å². The Morgan fingerprint density at radius 3 is 2.74 bits per heavy atom. The summed E-state index contributed by atoms with van der Waals surface area (Å²) in [6.07, 6.45) is 7.60. The fraction of sp³-hybridized carbons (Fsp3) is 0.579. The van der Waals surface area contributed by atoms with Gasteiger partial charge in [-0.2, -0.15) is 0 Å². The molecule has 4 rings (SSSR count). The maximum absolute atomic E-state index is 13.0. The molecule has 1 aromatic rings. The Morgan fingerprint density at radius 2 is 1.91 bits per heavy atom. The molecule has 0 bridgehead atoms. The Bertz CT molecular complexity index is 628. The largest absolute Gasteiger partial charge is 0.335 e. The van der Waals surface area contributed by atoms with Gasteiger partial charge in [0.2, 0.25) is 5.91 Å². The molecule has 0 aromatic heterocycles. The second-order valence-corrected chi connectivity index (χ2v) is 7.10. The number of likely N-dealkylation sites (tertiary alicyclic amines) is 1. The SMILES string of the molecule is O=C1CCCN1c1cccc(C(=O)N2CCC[C@@H]3CCC[C@@H]32)c1. The quantitative estimate of drug-likeness (QED) is 0.841. The zero-order chi connectivity index (χ0) is 15.8. The average molecular weight is 312 g/mol. The highest BCUT2D eigenvalue weighted by Crippen LogP contribution is 2.37. The Hall–Kier alpha value is -1.84. The highest BCUT2D eigenvalue weighted by molar-refractivity contribution is 5.99. The van der Waals surface area contributed by atoms with Crippen molar-refractivity contribution >= 4 is 17.5 Å². The van der Waals surface area contributed by atoms with Crippen LogP contribution in [0, 0.1) is 5.92 Å². The molecule has 0 unspecified atom stereocenters. The van der Waals surface area contributed by atoms with E-state index in [0.717, 1.165) is 43.6 Å². The van der Waals surface area contributed by atoms with Gasteiger partial charge in [0, 0.05) is 36.8 Å². The van der Waals surface area contributed by atoms with Crippen molar-refractivity contribution in [3.63, 3.8) is 0 Å². The fourth-order valence-corrected chi connectivity index (χ4v) is 4.60. The topological polar surface area (TPSA) is 40.6 Å². The van der Waals surface area contributed by atoms with Gasteiger partial charge in [-0.1, -0.05) is 12.5 Å². The first kappa shape index (κ1) is 14.7. The van der Waals surface area contributed by atoms with Gasteiger partial charge < -0.3 is 9.80 Å². The molecule has 2 amide bonds. The number of fused-ring (bicyclic) bond motifs is 1. The average Bonchev–Trinajstić information content (AvgIpc) is 3.22. The lowest BCUT2D eigenvalue weighted by atomic mass is 9.91. The van der Waals surface area contributed by atoms with E-state index in [0.29, 0.717) is 18.4 Å². The van der Waals surface area contributed by atoms with Gasteiger partial charge in [0.15, 0.2) is 0 Å². The third-order valence-electron chi connectivity index (χ3n) is 5.73. The zero-order valence-electron chi connectivity index (χ0n) is 13.5. The lowest BCUT2D eigenvalue weighted by molar-refractivity contribution is -0.117. The molecular weight excluding hydrogens is 288 g/mol. The van der Waals surface area contributed by atoms with Gasteiger partial charge in [-0.15, -0.1) is 0 Å². The van der Waals surface area contributed by atoms with E-state index in [4.69, 9.17) is 0 Å². The minimum atomic E-state index is 0.148. The fourth-order valence-electron chi connectivity index (χ4n) is 4.60. The van der Waals surface area contributed by atoms with Crippen molar-refractivity contribution in [2.45, 2.75) is 51.0 Å². The molecule has 0 radical (unpaired) electrons. The molecule has 122 valence electrons. The molecule has 1 aliphatic carbocycles. The number of amides is 2. The van der Waals surface area contributed by atoms with Crippen molar-refractivity contribution in [3.8, 4) is 0 Å². The number of carbonyl (C=O) groups is 2. The molecule has 4 heteroatoms. The lowest BCUT2D eigenvalue weighted by Gasteiger charge is -2.38. The van der Waals surface area contributed by atoms with Crippen molar-refractivity contribution < 1.29 is 9.59 Å². The van der Waals surface area contributed by atoms with Crippen LogP contribution in [0.3, 0.4) is 0 Å². The Balaban J connectivity index is 1.57. The van der Waals surface area contributed by atoms with Crippen LogP contribution in [0.15, 0.2) is 24.3 Å². The summed E-state index contributed by atoms with van der Waals surface area (Å²) < 4.78 is 0. The predicted molar refractivity (Wildman–Crippen MR) is 89.4 cm³/mol. The molecule has 0 N–H and O–H groups in total. The second kappa shape index (κ2) is 5.99. The summed E-state index contributed by atoms with van der Waals surface area (Å²) in [6.45, 7) is 1.65. The number of piperidine rings is 1. The highest BCUT2D eigenvalue weighted by Gasteiger charge is 2.37. The van der Waals surface area contributed by atoms with Crippen LogP contribution in [0.2, 0.25) is 0 Å².